The molecule has 0 aromatic heterocycles. The smallest absolute Gasteiger partial charge is 0.283 e. The van der Waals surface area contributed by atoms with E-state index < -0.39 is 17.6 Å². The van der Waals surface area contributed by atoms with Crippen LogP contribution in [0.2, 0.25) is 0 Å². The molecule has 0 nitrogen and oxygen atoms in total. The first-order valence-corrected chi connectivity index (χ1v) is 3.65. The van der Waals surface area contributed by atoms with Gasteiger partial charge in [0.2, 0.25) is 0 Å². The molecule has 6 heteroatoms. The van der Waals surface area contributed by atoms with Crippen LogP contribution in [0.15, 0.2) is 16.6 Å². The minimum Gasteiger partial charge on any atom is -0.283 e. The van der Waals surface area contributed by atoms with Gasteiger partial charge < -0.3 is 0 Å². The van der Waals surface area contributed by atoms with E-state index in [0.29, 0.717) is 0 Å². The van der Waals surface area contributed by atoms with Crippen LogP contribution in [0.25, 0.3) is 0 Å². The summed E-state index contributed by atoms with van der Waals surface area (Å²) in [4.78, 5) is 0. The maximum absolute atomic E-state index is 12.7. The van der Waals surface area contributed by atoms with Gasteiger partial charge in [-0.3, -0.25) is 4.39 Å². The van der Waals surface area contributed by atoms with E-state index in [1.54, 1.807) is 6.07 Å². The second-order valence-corrected chi connectivity index (χ2v) is 2.87. The van der Waals surface area contributed by atoms with Gasteiger partial charge in [0, 0.05) is 5.82 Å². The molecular weight excluding hydrogens is 325 g/mol. The fourth-order valence-electron chi connectivity index (χ4n) is 0.660. The molecule has 0 radical (unpaired) electrons. The van der Waals surface area contributed by atoms with Gasteiger partial charge in [-0.25, -0.2) is 0 Å². The maximum Gasteiger partial charge on any atom is 1.00 e. The summed E-state index contributed by atoms with van der Waals surface area (Å²) >= 11 is 2.64. The molecule has 0 N–H and O–H groups in total. The zero-order valence-electron chi connectivity index (χ0n) is 6.54. The first-order valence-electron chi connectivity index (χ1n) is 2.86. The van der Waals surface area contributed by atoms with Crippen molar-refractivity contribution < 1.29 is 75.7 Å². The van der Waals surface area contributed by atoms with E-state index in [9.17, 15) is 17.6 Å². The molecule has 13 heavy (non-hydrogen) atoms. The van der Waals surface area contributed by atoms with Gasteiger partial charge in [-0.15, -0.1) is 0 Å². The Morgan fingerprint density at radius 2 is 1.85 bits per heavy atom. The Labute approximate surface area is 130 Å². The molecule has 0 bridgehead atoms. The third-order valence-electron chi connectivity index (χ3n) is 1.17. The summed E-state index contributed by atoms with van der Waals surface area (Å²) in [6.07, 6.45) is -4.69. The molecular formula is C7H2BrF4Rb. The van der Waals surface area contributed by atoms with Gasteiger partial charge in [-0.05, 0) is 5.56 Å². The topological polar surface area (TPSA) is 0 Å². The van der Waals surface area contributed by atoms with Crippen LogP contribution in [-0.4, -0.2) is 0 Å². The van der Waals surface area contributed by atoms with Crippen LogP contribution < -0.4 is 58.2 Å². The van der Waals surface area contributed by atoms with Crippen LogP contribution in [0.3, 0.4) is 0 Å². The van der Waals surface area contributed by atoms with E-state index in [4.69, 9.17) is 0 Å². The van der Waals surface area contributed by atoms with Crippen molar-refractivity contribution >= 4 is 15.9 Å². The SMILES string of the molecule is Fc1c(C(F)(F)F)[c-]ccc1Br.[Rb+]. The molecule has 1 aromatic carbocycles. The largest absolute Gasteiger partial charge is 1.00 e. The predicted molar refractivity (Wildman–Crippen MR) is 37.9 cm³/mol. The van der Waals surface area contributed by atoms with Crippen LogP contribution in [0.1, 0.15) is 5.56 Å². The zero-order chi connectivity index (χ0) is 9.35. The van der Waals surface area contributed by atoms with Crippen molar-refractivity contribution in [2.24, 2.45) is 0 Å². The number of halogens is 5. The van der Waals surface area contributed by atoms with Gasteiger partial charge in [0.15, 0.2) is 0 Å². The molecule has 0 atom stereocenters. The molecule has 1 aromatic rings. The summed E-state index contributed by atoms with van der Waals surface area (Å²) in [5, 5.41) is 0. The van der Waals surface area contributed by atoms with Crippen molar-refractivity contribution in [1.29, 1.82) is 0 Å². The fraction of sp³-hybridized carbons (Fsp3) is 0.143. The molecule has 0 unspecified atom stereocenters. The van der Waals surface area contributed by atoms with Gasteiger partial charge in [0.25, 0.3) is 0 Å². The van der Waals surface area contributed by atoms with E-state index in [-0.39, 0.29) is 62.7 Å². The molecule has 0 fully saturated rings. The Morgan fingerprint density at radius 1 is 1.31 bits per heavy atom. The van der Waals surface area contributed by atoms with Crippen molar-refractivity contribution in [1.82, 2.24) is 0 Å². The van der Waals surface area contributed by atoms with Crippen LogP contribution in [-0.2, 0) is 6.18 Å². The van der Waals surface area contributed by atoms with Crippen molar-refractivity contribution in [3.8, 4) is 0 Å². The van der Waals surface area contributed by atoms with E-state index in [0.717, 1.165) is 12.1 Å². The number of hydrogen-bond donors (Lipinski definition) is 0. The second kappa shape index (κ2) is 5.35. The molecule has 0 aliphatic heterocycles. The van der Waals surface area contributed by atoms with Gasteiger partial charge >= 0.3 is 64.4 Å². The molecule has 0 heterocycles. The average molecular weight is 327 g/mol. The minimum absolute atomic E-state index is 0. The third kappa shape index (κ3) is 3.70. The molecule has 0 aliphatic carbocycles. The summed E-state index contributed by atoms with van der Waals surface area (Å²) < 4.78 is 48.3. The molecule has 1 rings (SSSR count). The van der Waals surface area contributed by atoms with Crippen molar-refractivity contribution in [3.05, 3.63) is 34.1 Å². The first-order chi connectivity index (χ1) is 5.43. The summed E-state index contributed by atoms with van der Waals surface area (Å²) in [5.74, 6) is -1.33. The average Bonchev–Trinajstić information content (AvgIpc) is 1.92. The maximum atomic E-state index is 12.7. The van der Waals surface area contributed by atoms with Crippen LogP contribution in [0, 0.1) is 11.9 Å². The number of hydrogen-bond acceptors (Lipinski definition) is 0. The fourth-order valence-corrected chi connectivity index (χ4v) is 0.991. The van der Waals surface area contributed by atoms with Crippen molar-refractivity contribution in [2.45, 2.75) is 6.18 Å². The normalized spacial score (nSPS) is 10.8. The Bertz CT molecular complexity index is 297. The molecule has 0 saturated heterocycles. The molecule has 0 amide bonds. The standard InChI is InChI=1S/C7H2BrF4.Rb/c8-5-3-1-2-4(6(5)9)7(10,11)12;/h1,3H;/q-1;+1. The van der Waals surface area contributed by atoms with Crippen LogP contribution in [0.5, 0.6) is 0 Å². The van der Waals surface area contributed by atoms with Crippen molar-refractivity contribution in [3.63, 3.8) is 0 Å². The predicted octanol–water partition coefficient (Wildman–Crippen LogP) is 0.411. The number of alkyl halides is 3. The molecule has 66 valence electrons. The summed E-state index contributed by atoms with van der Waals surface area (Å²) in [6.45, 7) is 0. The van der Waals surface area contributed by atoms with E-state index in [2.05, 4.69) is 15.9 Å². The van der Waals surface area contributed by atoms with Crippen molar-refractivity contribution in [2.75, 3.05) is 0 Å². The van der Waals surface area contributed by atoms with Crippen LogP contribution >= 0.6 is 15.9 Å². The summed E-state index contributed by atoms with van der Waals surface area (Å²) in [5.41, 5.74) is -1.38. The van der Waals surface area contributed by atoms with E-state index in [1.807, 2.05) is 0 Å². The number of rotatable bonds is 0. The van der Waals surface area contributed by atoms with Crippen LogP contribution in [0.4, 0.5) is 17.6 Å². The summed E-state index contributed by atoms with van der Waals surface area (Å²) in [6, 6.07) is 3.95. The quantitative estimate of drug-likeness (QED) is 0.478. The van der Waals surface area contributed by atoms with E-state index in [1.165, 1.54) is 0 Å². The zero-order valence-corrected chi connectivity index (χ0v) is 13.0. The van der Waals surface area contributed by atoms with E-state index >= 15 is 0 Å². The Balaban J connectivity index is 0.00000144. The van der Waals surface area contributed by atoms with Gasteiger partial charge in [0.05, 0.1) is 0 Å². The Hall–Kier alpha value is 1.23. The summed E-state index contributed by atoms with van der Waals surface area (Å²) in [7, 11) is 0. The molecule has 0 saturated carbocycles. The monoisotopic (exact) mass is 326 g/mol. The minimum atomic E-state index is -4.69. The second-order valence-electron chi connectivity index (χ2n) is 2.01. The first kappa shape index (κ1) is 14.2. The Kier molecular flexibility index (Phi) is 5.85. The number of benzene rings is 1. The molecule has 0 spiro atoms. The Morgan fingerprint density at radius 3 is 2.23 bits per heavy atom. The van der Waals surface area contributed by atoms with Gasteiger partial charge in [0.1, 0.15) is 0 Å². The van der Waals surface area contributed by atoms with Gasteiger partial charge in [-0.1, -0.05) is 20.4 Å². The third-order valence-corrected chi connectivity index (χ3v) is 1.78. The molecule has 0 aliphatic rings. The van der Waals surface area contributed by atoms with Gasteiger partial charge in [-0.2, -0.15) is 31.4 Å².